The quantitative estimate of drug-likeness (QED) is 0.618. The molecule has 11 heteroatoms. The first-order valence-electron chi connectivity index (χ1n) is 9.85. The molecule has 2 aromatic carbocycles. The number of carbonyl (C=O) groups excluding carboxylic acids is 3. The summed E-state index contributed by atoms with van der Waals surface area (Å²) in [7, 11) is 1.45. The van der Waals surface area contributed by atoms with E-state index in [1.807, 2.05) is 0 Å². The Balaban J connectivity index is 1.64. The highest BCUT2D eigenvalue weighted by atomic mass is 32.2. The summed E-state index contributed by atoms with van der Waals surface area (Å²) >= 11 is 1.01. The summed E-state index contributed by atoms with van der Waals surface area (Å²) in [5, 5.41) is 2.09. The Hall–Kier alpha value is -3.34. The van der Waals surface area contributed by atoms with E-state index in [0.717, 1.165) is 23.9 Å². The highest BCUT2D eigenvalue weighted by Crippen LogP contribution is 2.34. The van der Waals surface area contributed by atoms with Crippen molar-refractivity contribution in [2.75, 3.05) is 19.0 Å². The van der Waals surface area contributed by atoms with Gasteiger partial charge in [0.15, 0.2) is 5.17 Å². The number of amidine groups is 1. The summed E-state index contributed by atoms with van der Waals surface area (Å²) in [5.74, 6) is -1.28. The summed E-state index contributed by atoms with van der Waals surface area (Å²) in [5.41, 5.74) is -0.00635. The Kier molecular flexibility index (Phi) is 7.42. The molecule has 0 radical (unpaired) electrons. The van der Waals surface area contributed by atoms with Crippen molar-refractivity contribution in [1.82, 2.24) is 4.90 Å². The fourth-order valence-electron chi connectivity index (χ4n) is 2.94. The van der Waals surface area contributed by atoms with E-state index in [1.54, 1.807) is 19.1 Å². The molecule has 0 aromatic heterocycles. The second-order valence-corrected chi connectivity index (χ2v) is 8.17. The van der Waals surface area contributed by atoms with Gasteiger partial charge in [-0.25, -0.2) is 9.79 Å². The van der Waals surface area contributed by atoms with E-state index in [-0.39, 0.29) is 29.8 Å². The molecule has 1 heterocycles. The van der Waals surface area contributed by atoms with E-state index in [9.17, 15) is 27.6 Å². The van der Waals surface area contributed by atoms with Gasteiger partial charge in [-0.15, -0.1) is 0 Å². The number of nitrogens with one attached hydrogen (secondary N) is 1. The Bertz CT molecular complexity index is 1090. The third-order valence-corrected chi connectivity index (χ3v) is 5.82. The number of rotatable bonds is 6. The average Bonchev–Trinajstić information content (AvgIpc) is 3.01. The van der Waals surface area contributed by atoms with Gasteiger partial charge in [-0.1, -0.05) is 17.8 Å². The monoisotopic (exact) mass is 479 g/mol. The smallest absolute Gasteiger partial charge is 0.416 e. The normalized spacial score (nSPS) is 17.4. The molecule has 33 heavy (non-hydrogen) atoms. The van der Waals surface area contributed by atoms with Crippen LogP contribution in [0.25, 0.3) is 0 Å². The second kappa shape index (κ2) is 10.1. The standard InChI is InChI=1S/C22H20F3N3O4S/c1-3-32-20(31)13-7-9-15(10-8-13)26-18(29)12-17-19(30)28(2)21(33-17)27-16-6-4-5-14(11-16)22(23,24)25/h4-11,17H,3,12H2,1-2H3,(H,26,29)/t17-/m1/s1. The first kappa shape index (κ1) is 24.3. The zero-order valence-electron chi connectivity index (χ0n) is 17.7. The average molecular weight is 479 g/mol. The van der Waals surface area contributed by atoms with Crippen molar-refractivity contribution in [3.05, 3.63) is 59.7 Å². The van der Waals surface area contributed by atoms with E-state index in [0.29, 0.717) is 11.3 Å². The Labute approximate surface area is 192 Å². The van der Waals surface area contributed by atoms with Crippen LogP contribution in [0.5, 0.6) is 0 Å². The first-order valence-corrected chi connectivity index (χ1v) is 10.7. The molecule has 0 spiro atoms. The van der Waals surface area contributed by atoms with Crippen LogP contribution < -0.4 is 5.32 Å². The predicted molar refractivity (Wildman–Crippen MR) is 118 cm³/mol. The van der Waals surface area contributed by atoms with Gasteiger partial charge in [0.2, 0.25) is 11.8 Å². The van der Waals surface area contributed by atoms with Gasteiger partial charge in [0.25, 0.3) is 0 Å². The van der Waals surface area contributed by atoms with Gasteiger partial charge >= 0.3 is 12.1 Å². The number of ether oxygens (including phenoxy) is 1. The van der Waals surface area contributed by atoms with Crippen molar-refractivity contribution in [3.8, 4) is 0 Å². The molecule has 1 atom stereocenters. The van der Waals surface area contributed by atoms with Crippen LogP contribution in [0.1, 0.15) is 29.3 Å². The molecule has 1 fully saturated rings. The van der Waals surface area contributed by atoms with Crippen LogP contribution >= 0.6 is 11.8 Å². The molecule has 1 N–H and O–H groups in total. The molecule has 0 saturated carbocycles. The van der Waals surface area contributed by atoms with Crippen molar-refractivity contribution in [2.24, 2.45) is 4.99 Å². The number of alkyl halides is 3. The number of halogens is 3. The van der Waals surface area contributed by atoms with Gasteiger partial charge in [-0.05, 0) is 49.4 Å². The molecule has 2 aromatic rings. The highest BCUT2D eigenvalue weighted by Gasteiger charge is 2.37. The van der Waals surface area contributed by atoms with Crippen LogP contribution in [-0.4, -0.2) is 46.8 Å². The minimum Gasteiger partial charge on any atom is -0.462 e. The molecule has 0 aliphatic carbocycles. The van der Waals surface area contributed by atoms with Crippen LogP contribution in [-0.2, 0) is 20.5 Å². The van der Waals surface area contributed by atoms with Gasteiger partial charge in [-0.2, -0.15) is 13.2 Å². The molecular weight excluding hydrogens is 459 g/mol. The molecule has 3 rings (SSSR count). The number of hydrogen-bond donors (Lipinski definition) is 1. The van der Waals surface area contributed by atoms with Gasteiger partial charge in [0.05, 0.1) is 23.4 Å². The molecule has 1 saturated heterocycles. The van der Waals surface area contributed by atoms with Crippen molar-refractivity contribution in [1.29, 1.82) is 0 Å². The second-order valence-electron chi connectivity index (χ2n) is 7.00. The number of aliphatic imine (C=N–C) groups is 1. The molecule has 1 aliphatic rings. The van der Waals surface area contributed by atoms with Crippen LogP contribution in [0.4, 0.5) is 24.5 Å². The van der Waals surface area contributed by atoms with Crippen LogP contribution in [0.2, 0.25) is 0 Å². The van der Waals surface area contributed by atoms with Gasteiger partial charge in [-0.3, -0.25) is 14.5 Å². The molecule has 174 valence electrons. The lowest BCUT2D eigenvalue weighted by Gasteiger charge is -2.10. The molecule has 0 unspecified atom stereocenters. The zero-order valence-corrected chi connectivity index (χ0v) is 18.5. The van der Waals surface area contributed by atoms with Gasteiger partial charge in [0.1, 0.15) is 5.25 Å². The fourth-order valence-corrected chi connectivity index (χ4v) is 4.10. The fraction of sp³-hybridized carbons (Fsp3) is 0.273. The number of anilines is 1. The molecule has 2 amide bonds. The number of carbonyl (C=O) groups is 3. The lowest BCUT2D eigenvalue weighted by atomic mass is 10.2. The van der Waals surface area contributed by atoms with Crippen molar-refractivity contribution >= 4 is 46.1 Å². The summed E-state index contributed by atoms with van der Waals surface area (Å²) in [6.45, 7) is 1.94. The van der Waals surface area contributed by atoms with Gasteiger partial charge < -0.3 is 10.1 Å². The van der Waals surface area contributed by atoms with Crippen LogP contribution in [0.15, 0.2) is 53.5 Å². The number of hydrogen-bond acceptors (Lipinski definition) is 6. The highest BCUT2D eigenvalue weighted by molar-refractivity contribution is 8.15. The van der Waals surface area contributed by atoms with Crippen LogP contribution in [0, 0.1) is 0 Å². The Morgan fingerprint density at radius 3 is 2.52 bits per heavy atom. The van der Waals surface area contributed by atoms with Crippen molar-refractivity contribution < 1.29 is 32.3 Å². The molecule has 1 aliphatic heterocycles. The lowest BCUT2D eigenvalue weighted by Crippen LogP contribution is -2.30. The molecule has 7 nitrogen and oxygen atoms in total. The number of nitrogens with zero attached hydrogens (tertiary/aromatic N) is 2. The molecular formula is C22H20F3N3O4S. The predicted octanol–water partition coefficient (Wildman–Crippen LogP) is 4.47. The molecule has 0 bridgehead atoms. The van der Waals surface area contributed by atoms with Crippen LogP contribution in [0.3, 0.4) is 0 Å². The maximum absolute atomic E-state index is 12.9. The maximum atomic E-state index is 12.9. The zero-order chi connectivity index (χ0) is 24.2. The van der Waals surface area contributed by atoms with E-state index in [4.69, 9.17) is 4.74 Å². The topological polar surface area (TPSA) is 88.1 Å². The SMILES string of the molecule is CCOC(=O)c1ccc(NC(=O)C[C@H]2SC(=Nc3cccc(C(F)(F)F)c3)N(C)C2=O)cc1. The summed E-state index contributed by atoms with van der Waals surface area (Å²) in [4.78, 5) is 42.0. The van der Waals surface area contributed by atoms with Gasteiger partial charge in [0, 0.05) is 19.2 Å². The summed E-state index contributed by atoms with van der Waals surface area (Å²) in [6, 6.07) is 10.6. The summed E-state index contributed by atoms with van der Waals surface area (Å²) < 4.78 is 43.6. The number of benzene rings is 2. The maximum Gasteiger partial charge on any atom is 0.416 e. The third kappa shape index (κ3) is 6.13. The lowest BCUT2D eigenvalue weighted by molar-refractivity contribution is -0.137. The Morgan fingerprint density at radius 1 is 1.18 bits per heavy atom. The van der Waals surface area contributed by atoms with E-state index >= 15 is 0 Å². The number of thioether (sulfide) groups is 1. The minimum absolute atomic E-state index is 0.0544. The van der Waals surface area contributed by atoms with E-state index in [1.165, 1.54) is 36.2 Å². The Morgan fingerprint density at radius 2 is 1.88 bits per heavy atom. The number of esters is 1. The van der Waals surface area contributed by atoms with E-state index < -0.39 is 28.9 Å². The first-order chi connectivity index (χ1) is 15.6. The number of amides is 2. The van der Waals surface area contributed by atoms with E-state index in [2.05, 4.69) is 10.3 Å². The van der Waals surface area contributed by atoms with Crippen molar-refractivity contribution in [3.63, 3.8) is 0 Å². The van der Waals surface area contributed by atoms with Crippen molar-refractivity contribution in [2.45, 2.75) is 24.8 Å². The minimum atomic E-state index is -4.50. The third-order valence-electron chi connectivity index (χ3n) is 4.59. The summed E-state index contributed by atoms with van der Waals surface area (Å²) in [6.07, 6.45) is -4.66. The largest absolute Gasteiger partial charge is 0.462 e.